The smallest absolute Gasteiger partial charge is 0.220 e. The van der Waals surface area contributed by atoms with Crippen LogP contribution in [0.1, 0.15) is 24.6 Å². The molecule has 0 fully saturated rings. The summed E-state index contributed by atoms with van der Waals surface area (Å²) in [4.78, 5) is 12.6. The molecule has 0 spiro atoms. The molecule has 0 radical (unpaired) electrons. The fourth-order valence-electron chi connectivity index (χ4n) is 1.40. The summed E-state index contributed by atoms with van der Waals surface area (Å²) in [6.45, 7) is 4.66. The number of carbonyl (C=O) groups excluding carboxylic acids is 1. The van der Waals surface area contributed by atoms with E-state index in [2.05, 4.69) is 17.6 Å². The maximum atomic E-state index is 11.5. The lowest BCUT2D eigenvalue weighted by Gasteiger charge is -2.05. The molecule has 1 heterocycles. The van der Waals surface area contributed by atoms with Gasteiger partial charge in [0.25, 0.3) is 0 Å². The number of nitrogens with one attached hydrogen (secondary N) is 2. The predicted octanol–water partition coefficient (Wildman–Crippen LogP) is 2.87. The van der Waals surface area contributed by atoms with E-state index in [4.69, 9.17) is 11.6 Å². The van der Waals surface area contributed by atoms with Crippen LogP contribution < -0.4 is 10.6 Å². The van der Waals surface area contributed by atoms with E-state index in [-0.39, 0.29) is 18.3 Å². The number of aryl methyl sites for hydroxylation is 1. The minimum atomic E-state index is 0. The summed E-state index contributed by atoms with van der Waals surface area (Å²) >= 11 is 7.36. The molecular formula is C12H20Cl2N2OS. The van der Waals surface area contributed by atoms with E-state index in [0.717, 1.165) is 35.1 Å². The fraction of sp³-hybridized carbons (Fsp3) is 0.583. The van der Waals surface area contributed by atoms with Gasteiger partial charge in [-0.3, -0.25) is 4.79 Å². The van der Waals surface area contributed by atoms with Gasteiger partial charge in [0, 0.05) is 24.4 Å². The molecule has 0 saturated carbocycles. The highest BCUT2D eigenvalue weighted by molar-refractivity contribution is 7.16. The van der Waals surface area contributed by atoms with Gasteiger partial charge in [-0.05, 0) is 31.5 Å². The first-order chi connectivity index (χ1) is 8.22. The van der Waals surface area contributed by atoms with Crippen molar-refractivity contribution in [1.29, 1.82) is 0 Å². The van der Waals surface area contributed by atoms with Crippen molar-refractivity contribution in [1.82, 2.24) is 10.6 Å². The maximum absolute atomic E-state index is 11.5. The van der Waals surface area contributed by atoms with Crippen LogP contribution in [0.5, 0.6) is 0 Å². The van der Waals surface area contributed by atoms with Crippen molar-refractivity contribution in [3.63, 3.8) is 0 Å². The van der Waals surface area contributed by atoms with Crippen molar-refractivity contribution < 1.29 is 4.79 Å². The summed E-state index contributed by atoms with van der Waals surface area (Å²) in [7, 11) is 0. The van der Waals surface area contributed by atoms with Crippen molar-refractivity contribution in [2.75, 3.05) is 19.6 Å². The minimum Gasteiger partial charge on any atom is -0.355 e. The average molecular weight is 311 g/mol. The highest BCUT2D eigenvalue weighted by atomic mass is 35.5. The molecule has 1 aromatic heterocycles. The van der Waals surface area contributed by atoms with Crippen LogP contribution in [-0.4, -0.2) is 25.5 Å². The third-order valence-corrected chi connectivity index (χ3v) is 3.57. The molecule has 1 rings (SSSR count). The summed E-state index contributed by atoms with van der Waals surface area (Å²) < 4.78 is 0.782. The molecule has 0 bridgehead atoms. The van der Waals surface area contributed by atoms with Gasteiger partial charge in [0.2, 0.25) is 5.91 Å². The lowest BCUT2D eigenvalue weighted by atomic mass is 10.2. The third kappa shape index (κ3) is 7.93. The first-order valence-corrected chi connectivity index (χ1v) is 7.13. The summed E-state index contributed by atoms with van der Waals surface area (Å²) in [5, 5.41) is 6.13. The van der Waals surface area contributed by atoms with Gasteiger partial charge in [-0.1, -0.05) is 18.5 Å². The van der Waals surface area contributed by atoms with Crippen LogP contribution in [0.4, 0.5) is 0 Å². The molecule has 0 aliphatic rings. The molecule has 18 heavy (non-hydrogen) atoms. The van der Waals surface area contributed by atoms with Crippen LogP contribution in [0.25, 0.3) is 0 Å². The third-order valence-electron chi connectivity index (χ3n) is 2.28. The fourth-order valence-corrected chi connectivity index (χ4v) is 2.49. The van der Waals surface area contributed by atoms with Gasteiger partial charge in [-0.15, -0.1) is 23.7 Å². The number of hydrogen-bond acceptors (Lipinski definition) is 3. The van der Waals surface area contributed by atoms with Crippen molar-refractivity contribution >= 4 is 41.3 Å². The Labute approximate surface area is 124 Å². The van der Waals surface area contributed by atoms with Gasteiger partial charge in [-0.25, -0.2) is 0 Å². The molecule has 1 aromatic rings. The highest BCUT2D eigenvalue weighted by Gasteiger charge is 2.03. The SMILES string of the molecule is CCCNCCNC(=O)CCc1ccc(Cl)s1.Cl. The van der Waals surface area contributed by atoms with E-state index >= 15 is 0 Å². The van der Waals surface area contributed by atoms with Crippen molar-refractivity contribution in [3.05, 3.63) is 21.3 Å². The number of rotatable bonds is 8. The Kier molecular flexibility index (Phi) is 10.4. The van der Waals surface area contributed by atoms with E-state index in [9.17, 15) is 4.79 Å². The molecule has 0 saturated heterocycles. The summed E-state index contributed by atoms with van der Waals surface area (Å²) in [6, 6.07) is 3.84. The normalized spacial score (nSPS) is 9.89. The van der Waals surface area contributed by atoms with Crippen LogP contribution in [0.3, 0.4) is 0 Å². The number of carbonyl (C=O) groups is 1. The van der Waals surface area contributed by atoms with Gasteiger partial charge < -0.3 is 10.6 Å². The molecule has 6 heteroatoms. The van der Waals surface area contributed by atoms with Crippen LogP contribution in [0.2, 0.25) is 4.34 Å². The number of amides is 1. The largest absolute Gasteiger partial charge is 0.355 e. The highest BCUT2D eigenvalue weighted by Crippen LogP contribution is 2.22. The maximum Gasteiger partial charge on any atom is 0.220 e. The standard InChI is InChI=1S/C12H19ClN2OS.ClH/c1-2-7-14-8-9-15-12(16)6-4-10-3-5-11(13)17-10;/h3,5,14H,2,4,6-9H2,1H3,(H,15,16);1H. The summed E-state index contributed by atoms with van der Waals surface area (Å²) in [5.41, 5.74) is 0. The second-order valence-electron chi connectivity index (χ2n) is 3.81. The zero-order chi connectivity index (χ0) is 12.5. The molecular weight excluding hydrogens is 291 g/mol. The molecule has 0 aliphatic carbocycles. The van der Waals surface area contributed by atoms with E-state index in [1.165, 1.54) is 11.3 Å². The zero-order valence-corrected chi connectivity index (χ0v) is 12.9. The Morgan fingerprint density at radius 3 is 2.72 bits per heavy atom. The Hall–Kier alpha value is -0.290. The Morgan fingerprint density at radius 1 is 1.33 bits per heavy atom. The average Bonchev–Trinajstić information content (AvgIpc) is 2.72. The molecule has 104 valence electrons. The first kappa shape index (κ1) is 17.7. The molecule has 3 nitrogen and oxygen atoms in total. The minimum absolute atomic E-state index is 0. The zero-order valence-electron chi connectivity index (χ0n) is 10.5. The number of hydrogen-bond donors (Lipinski definition) is 2. The lowest BCUT2D eigenvalue weighted by molar-refractivity contribution is -0.121. The molecule has 0 atom stereocenters. The Morgan fingerprint density at radius 2 is 2.11 bits per heavy atom. The first-order valence-electron chi connectivity index (χ1n) is 5.94. The second kappa shape index (κ2) is 10.6. The molecule has 0 unspecified atom stereocenters. The van der Waals surface area contributed by atoms with Crippen LogP contribution in [-0.2, 0) is 11.2 Å². The van der Waals surface area contributed by atoms with E-state index < -0.39 is 0 Å². The van der Waals surface area contributed by atoms with Gasteiger partial charge in [0.1, 0.15) is 0 Å². The van der Waals surface area contributed by atoms with Crippen LogP contribution in [0.15, 0.2) is 12.1 Å². The van der Waals surface area contributed by atoms with Gasteiger partial charge >= 0.3 is 0 Å². The monoisotopic (exact) mass is 310 g/mol. The Bertz CT molecular complexity index is 345. The lowest BCUT2D eigenvalue weighted by Crippen LogP contribution is -2.32. The summed E-state index contributed by atoms with van der Waals surface area (Å²) in [5.74, 6) is 0.104. The number of halogens is 2. The van der Waals surface area contributed by atoms with Crippen molar-refractivity contribution in [3.8, 4) is 0 Å². The van der Waals surface area contributed by atoms with Gasteiger partial charge in [-0.2, -0.15) is 0 Å². The van der Waals surface area contributed by atoms with Crippen LogP contribution in [0, 0.1) is 0 Å². The van der Waals surface area contributed by atoms with Crippen LogP contribution >= 0.6 is 35.3 Å². The predicted molar refractivity (Wildman–Crippen MR) is 81.1 cm³/mol. The van der Waals surface area contributed by atoms with E-state index in [1.807, 2.05) is 12.1 Å². The number of thiophene rings is 1. The van der Waals surface area contributed by atoms with Crippen molar-refractivity contribution in [2.45, 2.75) is 26.2 Å². The van der Waals surface area contributed by atoms with E-state index in [0.29, 0.717) is 13.0 Å². The van der Waals surface area contributed by atoms with Gasteiger partial charge in [0.15, 0.2) is 0 Å². The summed E-state index contributed by atoms with van der Waals surface area (Å²) in [6.07, 6.45) is 2.42. The molecule has 1 amide bonds. The van der Waals surface area contributed by atoms with Crippen molar-refractivity contribution in [2.24, 2.45) is 0 Å². The van der Waals surface area contributed by atoms with E-state index in [1.54, 1.807) is 0 Å². The molecule has 2 N–H and O–H groups in total. The quantitative estimate of drug-likeness (QED) is 0.725. The molecule has 0 aliphatic heterocycles. The Balaban J connectivity index is 0.00000289. The topological polar surface area (TPSA) is 41.1 Å². The molecule has 0 aromatic carbocycles. The second-order valence-corrected chi connectivity index (χ2v) is 5.61. The van der Waals surface area contributed by atoms with Gasteiger partial charge in [0.05, 0.1) is 4.34 Å².